The molecule has 1 aliphatic carbocycles. The van der Waals surface area contributed by atoms with Gasteiger partial charge >= 0.3 is 0 Å². The zero-order valence-electron chi connectivity index (χ0n) is 24.5. The molecule has 1 aliphatic heterocycles. The standard InChI is InChI=1S/C40H27N3O2/c1-42-39(43-38(41)29-14-10-13-28-27-12-3-7-18-34(27)45-37(28)29)24-21-22-26-25-11-2-4-15-30(25)40(33(26)23-24)31-16-5-8-19-35(31)44-36-20-9-6-17-32(36)40/h2-23H,1H3,(H2,41,42,43). The van der Waals surface area contributed by atoms with E-state index in [0.29, 0.717) is 17.3 Å². The number of fused-ring (bicyclic) bond motifs is 12. The smallest absolute Gasteiger partial charge is 0.156 e. The Labute approximate surface area is 260 Å². The lowest BCUT2D eigenvalue weighted by Gasteiger charge is -2.39. The van der Waals surface area contributed by atoms with Crippen LogP contribution in [0.4, 0.5) is 0 Å². The Morgan fingerprint density at radius 3 is 2.04 bits per heavy atom. The van der Waals surface area contributed by atoms with Crippen LogP contribution in [0.5, 0.6) is 11.5 Å². The van der Waals surface area contributed by atoms with E-state index in [1.54, 1.807) is 7.05 Å². The fourth-order valence-electron chi connectivity index (χ4n) is 7.36. The molecule has 5 heteroatoms. The number of nitrogens with two attached hydrogens (primary N) is 1. The predicted octanol–water partition coefficient (Wildman–Crippen LogP) is 8.84. The minimum Gasteiger partial charge on any atom is -0.457 e. The first kappa shape index (κ1) is 25.5. The molecule has 0 fully saturated rings. The molecule has 214 valence electrons. The van der Waals surface area contributed by atoms with Crippen LogP contribution in [0.15, 0.2) is 148 Å². The van der Waals surface area contributed by atoms with Gasteiger partial charge in [0.25, 0.3) is 0 Å². The molecular formula is C40H27N3O2. The molecular weight excluding hydrogens is 554 g/mol. The molecule has 0 saturated heterocycles. The Balaban J connectivity index is 1.25. The fourth-order valence-corrected chi connectivity index (χ4v) is 7.36. The maximum Gasteiger partial charge on any atom is 0.156 e. The van der Waals surface area contributed by atoms with Crippen molar-refractivity contribution in [1.29, 1.82) is 0 Å². The summed E-state index contributed by atoms with van der Waals surface area (Å²) in [6.07, 6.45) is 0. The SMILES string of the molecule is CN=C(N=C(N)c1cccc2c1oc1ccccc12)c1ccc2c(c1)C1(c3ccccc3Oc3ccccc31)c1ccccc1-2. The third-order valence-electron chi connectivity index (χ3n) is 9.22. The lowest BCUT2D eigenvalue weighted by molar-refractivity contribution is 0.436. The van der Waals surface area contributed by atoms with Crippen LogP contribution in [0.2, 0.25) is 0 Å². The van der Waals surface area contributed by atoms with Crippen LogP contribution < -0.4 is 10.5 Å². The van der Waals surface area contributed by atoms with Gasteiger partial charge in [-0.15, -0.1) is 0 Å². The molecule has 1 aromatic heterocycles. The number of rotatable bonds is 2. The Kier molecular flexibility index (Phi) is 5.41. The highest BCUT2D eigenvalue weighted by molar-refractivity contribution is 6.18. The Hall–Kier alpha value is -5.94. The quantitative estimate of drug-likeness (QED) is 0.164. The zero-order chi connectivity index (χ0) is 30.1. The van der Waals surface area contributed by atoms with E-state index in [0.717, 1.165) is 50.1 Å². The van der Waals surface area contributed by atoms with Gasteiger partial charge in [0.05, 0.1) is 11.0 Å². The van der Waals surface area contributed by atoms with Crippen molar-refractivity contribution in [3.63, 3.8) is 0 Å². The molecule has 0 amide bonds. The highest BCUT2D eigenvalue weighted by Crippen LogP contribution is 2.62. The first-order valence-electron chi connectivity index (χ1n) is 15.0. The number of aliphatic imine (C=N–C) groups is 2. The summed E-state index contributed by atoms with van der Waals surface area (Å²) in [6, 6.07) is 45.9. The molecule has 5 nitrogen and oxygen atoms in total. The number of nitrogens with zero attached hydrogens (tertiary/aromatic N) is 2. The van der Waals surface area contributed by atoms with Crippen molar-refractivity contribution in [1.82, 2.24) is 0 Å². The third kappa shape index (κ3) is 3.49. The van der Waals surface area contributed by atoms with E-state index in [1.807, 2.05) is 48.5 Å². The van der Waals surface area contributed by atoms with Gasteiger partial charge in [-0.25, -0.2) is 4.99 Å². The van der Waals surface area contributed by atoms with E-state index in [4.69, 9.17) is 19.9 Å². The van der Waals surface area contributed by atoms with Crippen molar-refractivity contribution < 1.29 is 9.15 Å². The lowest BCUT2D eigenvalue weighted by Crippen LogP contribution is -2.32. The molecule has 2 N–H and O–H groups in total. The van der Waals surface area contributed by atoms with Gasteiger partial charge < -0.3 is 14.9 Å². The van der Waals surface area contributed by atoms with Crippen molar-refractivity contribution in [2.24, 2.45) is 15.7 Å². The summed E-state index contributed by atoms with van der Waals surface area (Å²) in [5.41, 5.74) is 16.3. The maximum absolute atomic E-state index is 6.73. The first-order valence-corrected chi connectivity index (χ1v) is 15.0. The topological polar surface area (TPSA) is 73.1 Å². The molecule has 0 atom stereocenters. The number of para-hydroxylation sites is 4. The summed E-state index contributed by atoms with van der Waals surface area (Å²) in [7, 11) is 1.75. The molecule has 7 aromatic rings. The van der Waals surface area contributed by atoms with Gasteiger partial charge in [0.1, 0.15) is 28.5 Å². The molecule has 45 heavy (non-hydrogen) atoms. The van der Waals surface area contributed by atoms with Crippen molar-refractivity contribution in [3.05, 3.63) is 167 Å². The van der Waals surface area contributed by atoms with Crippen molar-refractivity contribution in [2.45, 2.75) is 5.41 Å². The van der Waals surface area contributed by atoms with Crippen LogP contribution in [0.25, 0.3) is 33.1 Å². The van der Waals surface area contributed by atoms with Crippen molar-refractivity contribution in [3.8, 4) is 22.6 Å². The average molecular weight is 582 g/mol. The average Bonchev–Trinajstić information content (AvgIpc) is 3.61. The minimum atomic E-state index is -0.568. The first-order chi connectivity index (χ1) is 22.2. The van der Waals surface area contributed by atoms with E-state index in [2.05, 4.69) is 89.9 Å². The van der Waals surface area contributed by atoms with Gasteiger partial charge in [0, 0.05) is 34.5 Å². The second kappa shape index (κ2) is 9.53. The summed E-state index contributed by atoms with van der Waals surface area (Å²) in [5, 5.41) is 2.05. The molecule has 9 rings (SSSR count). The molecule has 0 saturated carbocycles. The van der Waals surface area contributed by atoms with E-state index in [9.17, 15) is 0 Å². The number of hydrogen-bond donors (Lipinski definition) is 1. The third-order valence-corrected chi connectivity index (χ3v) is 9.22. The lowest BCUT2D eigenvalue weighted by atomic mass is 9.66. The number of ether oxygens (including phenoxy) is 1. The van der Waals surface area contributed by atoms with Crippen LogP contribution in [-0.2, 0) is 5.41 Å². The fraction of sp³-hybridized carbons (Fsp3) is 0.0500. The summed E-state index contributed by atoms with van der Waals surface area (Å²) >= 11 is 0. The van der Waals surface area contributed by atoms with Crippen LogP contribution in [0, 0.1) is 0 Å². The molecule has 2 aliphatic rings. The minimum absolute atomic E-state index is 0.348. The van der Waals surface area contributed by atoms with Gasteiger partial charge in [0.15, 0.2) is 5.84 Å². The molecule has 0 bridgehead atoms. The second-order valence-corrected chi connectivity index (χ2v) is 11.5. The maximum atomic E-state index is 6.73. The van der Waals surface area contributed by atoms with Crippen molar-refractivity contribution in [2.75, 3.05) is 7.05 Å². The second-order valence-electron chi connectivity index (χ2n) is 11.5. The van der Waals surface area contributed by atoms with Crippen molar-refractivity contribution >= 4 is 33.6 Å². The van der Waals surface area contributed by atoms with Crippen LogP contribution in [-0.4, -0.2) is 18.7 Å². The van der Waals surface area contributed by atoms with E-state index >= 15 is 0 Å². The van der Waals surface area contributed by atoms with Crippen LogP contribution in [0.1, 0.15) is 33.4 Å². The molecule has 2 heterocycles. The normalized spacial score (nSPS) is 14.6. The number of benzene rings is 6. The van der Waals surface area contributed by atoms with Gasteiger partial charge in [-0.05, 0) is 52.6 Å². The van der Waals surface area contributed by atoms with E-state index in [-0.39, 0.29) is 0 Å². The molecule has 6 aromatic carbocycles. The highest BCUT2D eigenvalue weighted by Gasteiger charge is 2.51. The monoisotopic (exact) mass is 581 g/mol. The number of amidine groups is 2. The summed E-state index contributed by atoms with van der Waals surface area (Å²) in [4.78, 5) is 9.55. The number of hydrogen-bond acceptors (Lipinski definition) is 3. The predicted molar refractivity (Wildman–Crippen MR) is 181 cm³/mol. The van der Waals surface area contributed by atoms with E-state index < -0.39 is 5.41 Å². The van der Waals surface area contributed by atoms with Crippen LogP contribution in [0.3, 0.4) is 0 Å². The molecule has 1 spiro atoms. The Bertz CT molecular complexity index is 2350. The largest absolute Gasteiger partial charge is 0.457 e. The molecule has 0 unspecified atom stereocenters. The molecule has 0 radical (unpaired) electrons. The number of furan rings is 1. The zero-order valence-corrected chi connectivity index (χ0v) is 24.5. The van der Waals surface area contributed by atoms with Gasteiger partial charge in [-0.3, -0.25) is 4.99 Å². The van der Waals surface area contributed by atoms with Crippen LogP contribution >= 0.6 is 0 Å². The van der Waals surface area contributed by atoms with E-state index in [1.165, 1.54) is 22.3 Å². The highest BCUT2D eigenvalue weighted by atomic mass is 16.5. The summed E-state index contributed by atoms with van der Waals surface area (Å²) < 4.78 is 12.7. The van der Waals surface area contributed by atoms with Gasteiger partial charge in [-0.2, -0.15) is 0 Å². The summed E-state index contributed by atoms with van der Waals surface area (Å²) in [5.74, 6) is 2.60. The Morgan fingerprint density at radius 2 is 1.27 bits per heavy atom. The van der Waals surface area contributed by atoms with Gasteiger partial charge in [-0.1, -0.05) is 103 Å². The van der Waals surface area contributed by atoms with Gasteiger partial charge in [0.2, 0.25) is 0 Å². The summed E-state index contributed by atoms with van der Waals surface area (Å²) in [6.45, 7) is 0. The Morgan fingerprint density at radius 1 is 0.622 bits per heavy atom.